The number of carbonyl (C=O) groups excluding carboxylic acids is 1. The third kappa shape index (κ3) is 5.04. The van der Waals surface area contributed by atoms with Crippen molar-refractivity contribution in [2.75, 3.05) is 30.9 Å². The summed E-state index contributed by atoms with van der Waals surface area (Å²) in [7, 11) is 3.44. The van der Waals surface area contributed by atoms with Crippen molar-refractivity contribution in [3.05, 3.63) is 48.4 Å². The number of aromatic nitrogens is 4. The predicted molar refractivity (Wildman–Crippen MR) is 108 cm³/mol. The Bertz CT molecular complexity index is 938. The maximum atomic E-state index is 11.8. The molecule has 0 aliphatic rings. The molecule has 9 nitrogen and oxygen atoms in total. The van der Waals surface area contributed by atoms with Gasteiger partial charge < -0.3 is 20.7 Å². The molecule has 146 valence electrons. The van der Waals surface area contributed by atoms with Gasteiger partial charge in [-0.05, 0) is 24.6 Å². The van der Waals surface area contributed by atoms with Crippen LogP contribution in [0.15, 0.2) is 42.9 Å². The molecule has 9 heteroatoms. The van der Waals surface area contributed by atoms with Crippen molar-refractivity contribution in [3.63, 3.8) is 0 Å². The number of rotatable bonds is 7. The first-order chi connectivity index (χ1) is 13.5. The largest absolute Gasteiger partial charge is 0.383 e. The first-order valence-electron chi connectivity index (χ1n) is 8.78. The molecular weight excluding hydrogens is 358 g/mol. The molecule has 3 rings (SSSR count). The van der Waals surface area contributed by atoms with Gasteiger partial charge in [-0.2, -0.15) is 5.10 Å². The minimum atomic E-state index is -0.272. The number of benzene rings is 1. The predicted octanol–water partition coefficient (Wildman–Crippen LogP) is 2.70. The Morgan fingerprint density at radius 1 is 1.18 bits per heavy atom. The van der Waals surface area contributed by atoms with Crippen molar-refractivity contribution in [2.24, 2.45) is 7.05 Å². The number of hydrogen-bond donors (Lipinski definition) is 3. The average molecular weight is 381 g/mol. The summed E-state index contributed by atoms with van der Waals surface area (Å²) in [5.41, 5.74) is 4.21. The first kappa shape index (κ1) is 19.3. The monoisotopic (exact) mass is 381 g/mol. The summed E-state index contributed by atoms with van der Waals surface area (Å²) in [4.78, 5) is 20.7. The molecule has 0 saturated heterocycles. The van der Waals surface area contributed by atoms with Crippen molar-refractivity contribution in [1.82, 2.24) is 25.1 Å². The number of nitrogens with zero attached hydrogens (tertiary/aromatic N) is 4. The molecule has 0 aliphatic carbocycles. The molecule has 28 heavy (non-hydrogen) atoms. The second-order valence-corrected chi connectivity index (χ2v) is 6.20. The highest BCUT2D eigenvalue weighted by atomic mass is 16.5. The van der Waals surface area contributed by atoms with Crippen LogP contribution in [0.25, 0.3) is 11.3 Å². The van der Waals surface area contributed by atoms with Gasteiger partial charge in [-0.1, -0.05) is 12.1 Å². The number of carbonyl (C=O) groups is 1. The Labute approximate surface area is 163 Å². The van der Waals surface area contributed by atoms with Gasteiger partial charge in [0.05, 0.1) is 24.2 Å². The lowest BCUT2D eigenvalue weighted by molar-refractivity contribution is 0.198. The number of nitrogens with one attached hydrogen (secondary N) is 3. The zero-order valence-corrected chi connectivity index (χ0v) is 16.1. The molecule has 0 spiro atoms. The first-order valence-corrected chi connectivity index (χ1v) is 8.78. The summed E-state index contributed by atoms with van der Waals surface area (Å²) in [6.45, 7) is 2.88. The Balaban J connectivity index is 1.70. The maximum absolute atomic E-state index is 11.8. The van der Waals surface area contributed by atoms with E-state index in [0.29, 0.717) is 24.8 Å². The molecule has 2 aromatic heterocycles. The van der Waals surface area contributed by atoms with Crippen LogP contribution in [0.4, 0.5) is 22.1 Å². The van der Waals surface area contributed by atoms with Gasteiger partial charge in [0.15, 0.2) is 0 Å². The molecular formula is C19H23N7O2. The minimum absolute atomic E-state index is 0.272. The lowest BCUT2D eigenvalue weighted by Gasteiger charge is -2.10. The number of amides is 2. The zero-order valence-electron chi connectivity index (χ0n) is 16.1. The number of hydrogen-bond acceptors (Lipinski definition) is 6. The standard InChI is InChI=1S/C19H23N7O2/c1-13-10-21-18(23-16-11-22-26(2)12-16)25-17(13)14-4-6-15(7-5-14)24-19(27)20-8-9-28-3/h4-7,10-12H,8-9H2,1-3H3,(H2,20,24,27)(H,21,23,25). The number of anilines is 3. The smallest absolute Gasteiger partial charge is 0.319 e. The third-order valence-corrected chi connectivity index (χ3v) is 3.94. The zero-order chi connectivity index (χ0) is 19.9. The van der Waals surface area contributed by atoms with E-state index in [1.807, 2.05) is 44.4 Å². The average Bonchev–Trinajstić information content (AvgIpc) is 3.09. The van der Waals surface area contributed by atoms with Crippen LogP contribution < -0.4 is 16.0 Å². The number of ether oxygens (including phenoxy) is 1. The highest BCUT2D eigenvalue weighted by molar-refractivity contribution is 5.89. The van der Waals surface area contributed by atoms with Crippen LogP contribution in [0.1, 0.15) is 5.56 Å². The van der Waals surface area contributed by atoms with E-state index in [1.54, 1.807) is 24.2 Å². The van der Waals surface area contributed by atoms with Crippen LogP contribution in [0.5, 0.6) is 0 Å². The fourth-order valence-corrected chi connectivity index (χ4v) is 2.56. The number of methoxy groups -OCH3 is 1. The van der Waals surface area contributed by atoms with Gasteiger partial charge in [-0.25, -0.2) is 14.8 Å². The SMILES string of the molecule is COCCNC(=O)Nc1ccc(-c2nc(Nc3cnn(C)c3)ncc2C)cc1. The number of urea groups is 1. The van der Waals surface area contributed by atoms with Crippen molar-refractivity contribution in [2.45, 2.75) is 6.92 Å². The van der Waals surface area contributed by atoms with Crippen LogP contribution in [0, 0.1) is 6.92 Å². The van der Waals surface area contributed by atoms with Crippen LogP contribution in [0.3, 0.4) is 0 Å². The van der Waals surface area contributed by atoms with E-state index in [1.165, 1.54) is 0 Å². The molecule has 0 saturated carbocycles. The molecule has 0 aliphatic heterocycles. The molecule has 0 fully saturated rings. The van der Waals surface area contributed by atoms with Gasteiger partial charge in [0.1, 0.15) is 0 Å². The van der Waals surface area contributed by atoms with Crippen LogP contribution in [-0.4, -0.2) is 46.0 Å². The van der Waals surface area contributed by atoms with Crippen molar-refractivity contribution in [3.8, 4) is 11.3 Å². The highest BCUT2D eigenvalue weighted by Crippen LogP contribution is 2.24. The van der Waals surface area contributed by atoms with Gasteiger partial charge in [0, 0.05) is 44.3 Å². The van der Waals surface area contributed by atoms with E-state index >= 15 is 0 Å². The van der Waals surface area contributed by atoms with Crippen molar-refractivity contribution < 1.29 is 9.53 Å². The van der Waals surface area contributed by atoms with E-state index in [2.05, 4.69) is 31.0 Å². The second-order valence-electron chi connectivity index (χ2n) is 6.20. The lowest BCUT2D eigenvalue weighted by Crippen LogP contribution is -2.31. The van der Waals surface area contributed by atoms with Crippen molar-refractivity contribution in [1.29, 1.82) is 0 Å². The van der Waals surface area contributed by atoms with Gasteiger partial charge in [-0.15, -0.1) is 0 Å². The summed E-state index contributed by atoms with van der Waals surface area (Å²) in [5, 5.41) is 12.8. The Morgan fingerprint density at radius 2 is 1.96 bits per heavy atom. The van der Waals surface area contributed by atoms with Gasteiger partial charge in [0.2, 0.25) is 5.95 Å². The molecule has 2 amide bonds. The fraction of sp³-hybridized carbons (Fsp3) is 0.263. The quantitative estimate of drug-likeness (QED) is 0.544. The minimum Gasteiger partial charge on any atom is -0.383 e. The van der Waals surface area contributed by atoms with E-state index in [9.17, 15) is 4.79 Å². The van der Waals surface area contributed by atoms with Crippen LogP contribution >= 0.6 is 0 Å². The van der Waals surface area contributed by atoms with E-state index < -0.39 is 0 Å². The Morgan fingerprint density at radius 3 is 2.64 bits per heavy atom. The molecule has 2 heterocycles. The Hall–Kier alpha value is -3.46. The van der Waals surface area contributed by atoms with E-state index in [-0.39, 0.29) is 6.03 Å². The maximum Gasteiger partial charge on any atom is 0.319 e. The second kappa shape index (κ2) is 8.96. The summed E-state index contributed by atoms with van der Waals surface area (Å²) >= 11 is 0. The molecule has 3 N–H and O–H groups in total. The number of aryl methyl sites for hydroxylation is 2. The van der Waals surface area contributed by atoms with Crippen LogP contribution in [-0.2, 0) is 11.8 Å². The normalized spacial score (nSPS) is 10.5. The molecule has 0 unspecified atom stereocenters. The lowest BCUT2D eigenvalue weighted by atomic mass is 10.1. The summed E-state index contributed by atoms with van der Waals surface area (Å²) in [6, 6.07) is 7.22. The topological polar surface area (TPSA) is 106 Å². The van der Waals surface area contributed by atoms with Gasteiger partial charge in [0.25, 0.3) is 0 Å². The van der Waals surface area contributed by atoms with E-state index in [0.717, 1.165) is 22.5 Å². The molecule has 1 aromatic carbocycles. The third-order valence-electron chi connectivity index (χ3n) is 3.94. The molecule has 3 aromatic rings. The summed E-state index contributed by atoms with van der Waals surface area (Å²) < 4.78 is 6.61. The molecule has 0 atom stereocenters. The van der Waals surface area contributed by atoms with E-state index in [4.69, 9.17) is 4.74 Å². The van der Waals surface area contributed by atoms with Gasteiger partial charge in [-0.3, -0.25) is 4.68 Å². The summed E-state index contributed by atoms with van der Waals surface area (Å²) in [6.07, 6.45) is 5.33. The Kier molecular flexibility index (Phi) is 6.18. The highest BCUT2D eigenvalue weighted by Gasteiger charge is 2.09. The summed E-state index contributed by atoms with van der Waals surface area (Å²) in [5.74, 6) is 0.494. The van der Waals surface area contributed by atoms with Crippen LogP contribution in [0.2, 0.25) is 0 Å². The fourth-order valence-electron chi connectivity index (χ4n) is 2.56. The molecule has 0 bridgehead atoms. The van der Waals surface area contributed by atoms with Crippen molar-refractivity contribution >= 4 is 23.4 Å². The molecule has 0 radical (unpaired) electrons. The van der Waals surface area contributed by atoms with Gasteiger partial charge >= 0.3 is 6.03 Å².